The van der Waals surface area contributed by atoms with Gasteiger partial charge in [0.1, 0.15) is 18.2 Å². The molecule has 1 saturated heterocycles. The third-order valence-electron chi connectivity index (χ3n) is 4.69. The van der Waals surface area contributed by atoms with Crippen LogP contribution in [0.25, 0.3) is 6.08 Å². The van der Waals surface area contributed by atoms with E-state index < -0.39 is 17.0 Å². The molecule has 2 amide bonds. The highest BCUT2D eigenvalue weighted by Gasteiger charge is 2.35. The van der Waals surface area contributed by atoms with Gasteiger partial charge in [0, 0.05) is 16.1 Å². The first-order valence-electron chi connectivity index (χ1n) is 9.46. The van der Waals surface area contributed by atoms with E-state index in [0.29, 0.717) is 27.8 Å². The van der Waals surface area contributed by atoms with E-state index >= 15 is 0 Å². The highest BCUT2D eigenvalue weighted by atomic mass is 35.5. The van der Waals surface area contributed by atoms with Crippen molar-refractivity contribution in [2.24, 2.45) is 0 Å². The number of nitrogens with zero attached hydrogens (tertiary/aromatic N) is 1. The summed E-state index contributed by atoms with van der Waals surface area (Å²) in [5, 5.41) is 0.226. The lowest BCUT2D eigenvalue weighted by atomic mass is 10.2. The summed E-state index contributed by atoms with van der Waals surface area (Å²) in [6.45, 7) is 0.247. The number of thioether (sulfide) groups is 1. The molecule has 7 heteroatoms. The van der Waals surface area contributed by atoms with Crippen LogP contribution in [0.3, 0.4) is 0 Å². The first-order valence-corrected chi connectivity index (χ1v) is 10.7. The smallest absolute Gasteiger partial charge is 0.293 e. The van der Waals surface area contributed by atoms with Gasteiger partial charge in [0.15, 0.2) is 0 Å². The molecule has 0 unspecified atom stereocenters. The number of carbonyl (C=O) groups excluding carboxylic acids is 2. The van der Waals surface area contributed by atoms with Crippen molar-refractivity contribution < 1.29 is 18.7 Å². The fraction of sp³-hybridized carbons (Fsp3) is 0.0833. The zero-order chi connectivity index (χ0) is 21.8. The molecule has 156 valence electrons. The average Bonchev–Trinajstić information content (AvgIpc) is 3.03. The van der Waals surface area contributed by atoms with E-state index in [1.165, 1.54) is 6.07 Å². The van der Waals surface area contributed by atoms with Crippen LogP contribution in [0.2, 0.25) is 5.02 Å². The van der Waals surface area contributed by atoms with E-state index in [0.717, 1.165) is 27.8 Å². The zero-order valence-corrected chi connectivity index (χ0v) is 17.8. The SMILES string of the molecule is O=C1S/C(=C\c2ccc(OCc3ccccc3Cl)cc2)C(=O)N1Cc1ccccc1F. The molecule has 0 N–H and O–H groups in total. The highest BCUT2D eigenvalue weighted by Crippen LogP contribution is 2.33. The number of rotatable bonds is 6. The second-order valence-corrected chi connectivity index (χ2v) is 8.21. The fourth-order valence-electron chi connectivity index (χ4n) is 3.02. The molecule has 0 atom stereocenters. The van der Waals surface area contributed by atoms with Gasteiger partial charge in [-0.25, -0.2) is 4.39 Å². The molecular formula is C24H17ClFNO3S. The first-order chi connectivity index (χ1) is 15.0. The average molecular weight is 454 g/mol. The lowest BCUT2D eigenvalue weighted by Gasteiger charge is -2.12. The molecule has 4 nitrogen and oxygen atoms in total. The maximum atomic E-state index is 13.9. The molecule has 3 aromatic carbocycles. The minimum Gasteiger partial charge on any atom is -0.489 e. The van der Waals surface area contributed by atoms with E-state index in [1.807, 2.05) is 24.3 Å². The number of imide groups is 1. The number of hydrogen-bond acceptors (Lipinski definition) is 4. The molecular weight excluding hydrogens is 437 g/mol. The van der Waals surface area contributed by atoms with Gasteiger partial charge in [-0.2, -0.15) is 0 Å². The van der Waals surface area contributed by atoms with Crippen LogP contribution >= 0.6 is 23.4 Å². The number of benzene rings is 3. The van der Waals surface area contributed by atoms with Crippen molar-refractivity contribution in [1.29, 1.82) is 0 Å². The van der Waals surface area contributed by atoms with Crippen molar-refractivity contribution in [3.63, 3.8) is 0 Å². The van der Waals surface area contributed by atoms with Crippen LogP contribution < -0.4 is 4.74 Å². The van der Waals surface area contributed by atoms with Crippen LogP contribution in [0.1, 0.15) is 16.7 Å². The number of amides is 2. The zero-order valence-electron chi connectivity index (χ0n) is 16.3. The summed E-state index contributed by atoms with van der Waals surface area (Å²) in [5.41, 5.74) is 1.93. The van der Waals surface area contributed by atoms with Gasteiger partial charge in [-0.15, -0.1) is 0 Å². The Morgan fingerprint density at radius 2 is 1.61 bits per heavy atom. The number of halogens is 2. The molecule has 0 aliphatic carbocycles. The summed E-state index contributed by atoms with van der Waals surface area (Å²) in [7, 11) is 0. The van der Waals surface area contributed by atoms with Crippen molar-refractivity contribution in [1.82, 2.24) is 4.90 Å². The van der Waals surface area contributed by atoms with Crippen LogP contribution in [0.4, 0.5) is 9.18 Å². The lowest BCUT2D eigenvalue weighted by molar-refractivity contribution is -0.123. The summed E-state index contributed by atoms with van der Waals surface area (Å²) in [6, 6.07) is 20.7. The minimum atomic E-state index is -0.446. The maximum Gasteiger partial charge on any atom is 0.293 e. The Morgan fingerprint density at radius 3 is 2.32 bits per heavy atom. The number of hydrogen-bond donors (Lipinski definition) is 0. The first kappa shape index (κ1) is 21.2. The molecule has 31 heavy (non-hydrogen) atoms. The summed E-state index contributed by atoms with van der Waals surface area (Å²) in [5.74, 6) is -0.222. The van der Waals surface area contributed by atoms with Crippen molar-refractivity contribution in [3.8, 4) is 5.75 Å². The Kier molecular flexibility index (Phi) is 6.39. The van der Waals surface area contributed by atoms with Crippen LogP contribution in [0.15, 0.2) is 77.7 Å². The minimum absolute atomic E-state index is 0.0937. The quantitative estimate of drug-likeness (QED) is 0.411. The van der Waals surface area contributed by atoms with Crippen molar-refractivity contribution in [3.05, 3.63) is 105 Å². The summed E-state index contributed by atoms with van der Waals surface area (Å²) >= 11 is 6.98. The van der Waals surface area contributed by atoms with Gasteiger partial charge in [0.2, 0.25) is 0 Å². The van der Waals surface area contributed by atoms with Crippen molar-refractivity contribution >= 4 is 40.6 Å². The van der Waals surface area contributed by atoms with Gasteiger partial charge >= 0.3 is 0 Å². The van der Waals surface area contributed by atoms with Crippen LogP contribution in [0.5, 0.6) is 5.75 Å². The van der Waals surface area contributed by atoms with Crippen LogP contribution in [-0.4, -0.2) is 16.0 Å². The van der Waals surface area contributed by atoms with Crippen LogP contribution in [0, 0.1) is 5.82 Å². The van der Waals surface area contributed by atoms with Gasteiger partial charge in [0.25, 0.3) is 11.1 Å². The van der Waals surface area contributed by atoms with Crippen molar-refractivity contribution in [2.75, 3.05) is 0 Å². The number of ether oxygens (including phenoxy) is 1. The second kappa shape index (κ2) is 9.37. The fourth-order valence-corrected chi connectivity index (χ4v) is 4.05. The topological polar surface area (TPSA) is 46.6 Å². The van der Waals surface area contributed by atoms with E-state index in [4.69, 9.17) is 16.3 Å². The summed E-state index contributed by atoms with van der Waals surface area (Å²) < 4.78 is 19.6. The van der Waals surface area contributed by atoms with E-state index in [9.17, 15) is 14.0 Å². The Balaban J connectivity index is 1.42. The van der Waals surface area contributed by atoms with E-state index in [-0.39, 0.29) is 6.54 Å². The Morgan fingerprint density at radius 1 is 0.935 bits per heavy atom. The third-order valence-corrected chi connectivity index (χ3v) is 5.97. The summed E-state index contributed by atoms with van der Waals surface area (Å²) in [6.07, 6.45) is 1.64. The largest absolute Gasteiger partial charge is 0.489 e. The molecule has 1 aliphatic rings. The summed E-state index contributed by atoms with van der Waals surface area (Å²) in [4.78, 5) is 26.3. The van der Waals surface area contributed by atoms with Crippen LogP contribution in [-0.2, 0) is 17.9 Å². The standard InChI is InChI=1S/C24H17ClFNO3S/c25-20-7-3-1-6-18(20)15-30-19-11-9-16(10-12-19)13-22-23(28)27(24(29)31-22)14-17-5-2-4-8-21(17)26/h1-13H,14-15H2/b22-13-. The maximum absolute atomic E-state index is 13.9. The molecule has 0 saturated carbocycles. The lowest BCUT2D eigenvalue weighted by Crippen LogP contribution is -2.27. The Hall–Kier alpha value is -3.09. The second-order valence-electron chi connectivity index (χ2n) is 6.81. The molecule has 0 radical (unpaired) electrons. The molecule has 4 rings (SSSR count). The molecule has 1 heterocycles. The molecule has 0 bridgehead atoms. The van der Waals surface area contributed by atoms with E-state index in [2.05, 4.69) is 0 Å². The van der Waals surface area contributed by atoms with Gasteiger partial charge < -0.3 is 4.74 Å². The predicted octanol–water partition coefficient (Wildman–Crippen LogP) is 6.29. The molecule has 0 aromatic heterocycles. The van der Waals surface area contributed by atoms with E-state index in [1.54, 1.807) is 48.5 Å². The molecule has 1 aliphatic heterocycles. The van der Waals surface area contributed by atoms with Gasteiger partial charge in [0.05, 0.1) is 11.4 Å². The van der Waals surface area contributed by atoms with Crippen molar-refractivity contribution in [2.45, 2.75) is 13.2 Å². The van der Waals surface area contributed by atoms with Gasteiger partial charge in [-0.3, -0.25) is 14.5 Å². The third kappa shape index (κ3) is 4.98. The number of carbonyl (C=O) groups is 2. The van der Waals surface area contributed by atoms with Gasteiger partial charge in [-0.1, -0.05) is 60.1 Å². The highest BCUT2D eigenvalue weighted by molar-refractivity contribution is 8.18. The molecule has 3 aromatic rings. The van der Waals surface area contributed by atoms with Gasteiger partial charge in [-0.05, 0) is 47.7 Å². The molecule has 1 fully saturated rings. The Labute approximate surface area is 188 Å². The predicted molar refractivity (Wildman–Crippen MR) is 120 cm³/mol. The normalized spacial score (nSPS) is 15.0. The Bertz CT molecular complexity index is 1160. The monoisotopic (exact) mass is 453 g/mol. The molecule has 0 spiro atoms.